The fourth-order valence-electron chi connectivity index (χ4n) is 5.85. The Morgan fingerprint density at radius 3 is 2.28 bits per heavy atom. The fourth-order valence-corrected chi connectivity index (χ4v) is 5.85. The highest BCUT2D eigenvalue weighted by Gasteiger charge is 2.49. The van der Waals surface area contributed by atoms with Crippen molar-refractivity contribution in [1.29, 1.82) is 0 Å². The van der Waals surface area contributed by atoms with Crippen LogP contribution >= 0.6 is 0 Å². The SMILES string of the molecule is COc1ccc(C2(C(=O)N3CCC4(CC3)C[C@H](Oc3ccccc3)CO4)CCCC2)cc1. The summed E-state index contributed by atoms with van der Waals surface area (Å²) in [5.74, 6) is 2.03. The Kier molecular flexibility index (Phi) is 5.85. The standard InChI is InChI=1S/C27H33NO4/c1-30-22-11-9-21(10-12-22)27(13-5-6-14-27)25(29)28-17-15-26(16-18-28)19-24(20-31-26)32-23-7-3-2-4-8-23/h2-4,7-12,24H,5-6,13-20H2,1H3/t24-/m0/s1. The molecule has 5 heteroatoms. The van der Waals surface area contributed by atoms with E-state index in [-0.39, 0.29) is 17.1 Å². The summed E-state index contributed by atoms with van der Waals surface area (Å²) in [7, 11) is 1.68. The van der Waals surface area contributed by atoms with Gasteiger partial charge in [0.25, 0.3) is 0 Å². The minimum atomic E-state index is -0.383. The van der Waals surface area contributed by atoms with Crippen LogP contribution in [0.1, 0.15) is 50.5 Å². The van der Waals surface area contributed by atoms with Crippen LogP contribution in [0.15, 0.2) is 54.6 Å². The third kappa shape index (κ3) is 3.99. The molecular formula is C27H33NO4. The van der Waals surface area contributed by atoms with E-state index in [1.165, 1.54) is 0 Å². The molecule has 0 unspecified atom stereocenters. The molecule has 5 nitrogen and oxygen atoms in total. The van der Waals surface area contributed by atoms with E-state index < -0.39 is 0 Å². The summed E-state index contributed by atoms with van der Waals surface area (Å²) in [5, 5.41) is 0. The van der Waals surface area contributed by atoms with Crippen molar-refractivity contribution in [1.82, 2.24) is 4.90 Å². The Bertz CT molecular complexity index is 912. The number of hydrogen-bond acceptors (Lipinski definition) is 4. The number of ether oxygens (including phenoxy) is 3. The maximum atomic E-state index is 13.8. The highest BCUT2D eigenvalue weighted by atomic mass is 16.6. The molecule has 1 spiro atoms. The lowest BCUT2D eigenvalue weighted by Crippen LogP contribution is -2.52. The molecule has 0 bridgehead atoms. The molecule has 1 aliphatic carbocycles. The van der Waals surface area contributed by atoms with Crippen molar-refractivity contribution in [3.05, 3.63) is 60.2 Å². The number of amides is 1. The maximum Gasteiger partial charge on any atom is 0.233 e. The summed E-state index contributed by atoms with van der Waals surface area (Å²) in [6.45, 7) is 2.14. The van der Waals surface area contributed by atoms with Crippen LogP contribution in [-0.2, 0) is 14.9 Å². The monoisotopic (exact) mass is 435 g/mol. The van der Waals surface area contributed by atoms with Crippen molar-refractivity contribution in [2.45, 2.75) is 62.1 Å². The largest absolute Gasteiger partial charge is 0.497 e. The lowest BCUT2D eigenvalue weighted by atomic mass is 9.76. The van der Waals surface area contributed by atoms with E-state index in [4.69, 9.17) is 14.2 Å². The molecule has 3 aliphatic rings. The number of carbonyl (C=O) groups is 1. The molecule has 2 aliphatic heterocycles. The molecule has 0 radical (unpaired) electrons. The summed E-state index contributed by atoms with van der Waals surface area (Å²) < 4.78 is 17.7. The summed E-state index contributed by atoms with van der Waals surface area (Å²) in [4.78, 5) is 15.9. The van der Waals surface area contributed by atoms with Gasteiger partial charge >= 0.3 is 0 Å². The first-order valence-electron chi connectivity index (χ1n) is 11.9. The van der Waals surface area contributed by atoms with Crippen molar-refractivity contribution < 1.29 is 19.0 Å². The summed E-state index contributed by atoms with van der Waals surface area (Å²) in [5.41, 5.74) is 0.598. The first-order chi connectivity index (χ1) is 15.6. The Labute approximate surface area is 190 Å². The number of carbonyl (C=O) groups excluding carboxylic acids is 1. The molecule has 1 amide bonds. The fraction of sp³-hybridized carbons (Fsp3) is 0.519. The van der Waals surface area contributed by atoms with E-state index in [0.717, 1.165) is 75.1 Å². The van der Waals surface area contributed by atoms with Gasteiger partial charge in [0.05, 0.1) is 24.7 Å². The van der Waals surface area contributed by atoms with E-state index in [2.05, 4.69) is 17.0 Å². The van der Waals surface area contributed by atoms with Gasteiger partial charge in [-0.05, 0) is 55.5 Å². The predicted octanol–water partition coefficient (Wildman–Crippen LogP) is 4.74. The van der Waals surface area contributed by atoms with Gasteiger partial charge < -0.3 is 19.1 Å². The van der Waals surface area contributed by atoms with Crippen LogP contribution in [0.4, 0.5) is 0 Å². The molecular weight excluding hydrogens is 402 g/mol. The van der Waals surface area contributed by atoms with Crippen molar-refractivity contribution in [2.24, 2.45) is 0 Å². The van der Waals surface area contributed by atoms with Gasteiger partial charge in [0.1, 0.15) is 17.6 Å². The number of hydrogen-bond donors (Lipinski definition) is 0. The number of piperidine rings is 1. The van der Waals surface area contributed by atoms with Crippen LogP contribution in [0.25, 0.3) is 0 Å². The molecule has 2 heterocycles. The molecule has 2 aromatic rings. The second-order valence-corrected chi connectivity index (χ2v) is 9.56. The maximum absolute atomic E-state index is 13.8. The highest BCUT2D eigenvalue weighted by molar-refractivity contribution is 5.88. The normalized spacial score (nSPS) is 23.9. The minimum Gasteiger partial charge on any atom is -0.497 e. The minimum absolute atomic E-state index is 0.0834. The van der Waals surface area contributed by atoms with E-state index in [1.807, 2.05) is 42.5 Å². The molecule has 1 atom stereocenters. The lowest BCUT2D eigenvalue weighted by molar-refractivity contribution is -0.142. The number of rotatable bonds is 5. The lowest BCUT2D eigenvalue weighted by Gasteiger charge is -2.42. The zero-order chi connectivity index (χ0) is 22.0. The van der Waals surface area contributed by atoms with Crippen LogP contribution in [0.3, 0.4) is 0 Å². The number of benzene rings is 2. The summed E-state index contributed by atoms with van der Waals surface area (Å²) in [6.07, 6.45) is 6.83. The average Bonchev–Trinajstić information content (AvgIpc) is 3.49. The number of methoxy groups -OCH3 is 1. The van der Waals surface area contributed by atoms with Crippen LogP contribution in [-0.4, -0.2) is 49.3 Å². The predicted molar refractivity (Wildman–Crippen MR) is 123 cm³/mol. The topological polar surface area (TPSA) is 48.0 Å². The van der Waals surface area contributed by atoms with Crippen molar-refractivity contribution in [3.63, 3.8) is 0 Å². The van der Waals surface area contributed by atoms with Gasteiger partial charge in [-0.15, -0.1) is 0 Å². The smallest absolute Gasteiger partial charge is 0.233 e. The van der Waals surface area contributed by atoms with Crippen LogP contribution in [0, 0.1) is 0 Å². The quantitative estimate of drug-likeness (QED) is 0.681. The summed E-state index contributed by atoms with van der Waals surface area (Å²) in [6, 6.07) is 18.1. The molecule has 5 rings (SSSR count). The van der Waals surface area contributed by atoms with Crippen molar-refractivity contribution >= 4 is 5.91 Å². The number of likely N-dealkylation sites (tertiary alicyclic amines) is 1. The van der Waals surface area contributed by atoms with Gasteiger partial charge in [-0.2, -0.15) is 0 Å². The third-order valence-corrected chi connectivity index (χ3v) is 7.69. The van der Waals surface area contributed by atoms with E-state index >= 15 is 0 Å². The second-order valence-electron chi connectivity index (χ2n) is 9.56. The highest BCUT2D eigenvalue weighted by Crippen LogP contribution is 2.45. The van der Waals surface area contributed by atoms with E-state index in [0.29, 0.717) is 12.5 Å². The first kappa shape index (κ1) is 21.3. The van der Waals surface area contributed by atoms with Crippen molar-refractivity contribution in [3.8, 4) is 11.5 Å². The Balaban J connectivity index is 1.24. The van der Waals surface area contributed by atoms with Crippen LogP contribution < -0.4 is 9.47 Å². The molecule has 0 aromatic heterocycles. The number of nitrogens with zero attached hydrogens (tertiary/aromatic N) is 1. The van der Waals surface area contributed by atoms with Crippen LogP contribution in [0.2, 0.25) is 0 Å². The van der Waals surface area contributed by atoms with Gasteiger partial charge in [0.15, 0.2) is 0 Å². The molecule has 170 valence electrons. The molecule has 1 saturated carbocycles. The molecule has 3 fully saturated rings. The molecule has 2 saturated heterocycles. The van der Waals surface area contributed by atoms with Gasteiger partial charge in [0.2, 0.25) is 5.91 Å². The Morgan fingerprint density at radius 1 is 0.938 bits per heavy atom. The molecule has 2 aromatic carbocycles. The van der Waals surface area contributed by atoms with Gasteiger partial charge in [0, 0.05) is 19.5 Å². The van der Waals surface area contributed by atoms with Crippen molar-refractivity contribution in [2.75, 3.05) is 26.8 Å². The second kappa shape index (κ2) is 8.78. The average molecular weight is 436 g/mol. The van der Waals surface area contributed by atoms with Gasteiger partial charge in [-0.1, -0.05) is 43.2 Å². The Hall–Kier alpha value is -2.53. The van der Waals surface area contributed by atoms with Crippen LogP contribution in [0.5, 0.6) is 11.5 Å². The third-order valence-electron chi connectivity index (χ3n) is 7.69. The Morgan fingerprint density at radius 2 is 1.62 bits per heavy atom. The first-order valence-corrected chi connectivity index (χ1v) is 11.9. The molecule has 32 heavy (non-hydrogen) atoms. The zero-order valence-corrected chi connectivity index (χ0v) is 18.9. The number of para-hydroxylation sites is 1. The molecule has 0 N–H and O–H groups in total. The van der Waals surface area contributed by atoms with E-state index in [9.17, 15) is 4.79 Å². The zero-order valence-electron chi connectivity index (χ0n) is 18.9. The van der Waals surface area contributed by atoms with Gasteiger partial charge in [-0.25, -0.2) is 0 Å². The van der Waals surface area contributed by atoms with Gasteiger partial charge in [-0.3, -0.25) is 4.79 Å². The van der Waals surface area contributed by atoms with E-state index in [1.54, 1.807) is 7.11 Å². The summed E-state index contributed by atoms with van der Waals surface area (Å²) >= 11 is 0.